The number of carbonyl (C=O) groups is 1. The zero-order valence-corrected chi connectivity index (χ0v) is 16.8. The number of carbonyl (C=O) groups excluding carboxylic acids is 1. The van der Waals surface area contributed by atoms with Crippen LogP contribution in [0.2, 0.25) is 0 Å². The molecule has 1 amide bonds. The van der Waals surface area contributed by atoms with E-state index in [1.54, 1.807) is 26.4 Å². The molecule has 0 saturated carbocycles. The van der Waals surface area contributed by atoms with E-state index < -0.39 is 0 Å². The van der Waals surface area contributed by atoms with Crippen LogP contribution >= 0.6 is 0 Å². The van der Waals surface area contributed by atoms with E-state index in [-0.39, 0.29) is 18.0 Å². The highest BCUT2D eigenvalue weighted by Crippen LogP contribution is 2.35. The van der Waals surface area contributed by atoms with E-state index in [0.717, 1.165) is 31.7 Å². The Morgan fingerprint density at radius 2 is 2.14 bits per heavy atom. The Morgan fingerprint density at radius 3 is 2.75 bits per heavy atom. The Labute approximate surface area is 166 Å². The third-order valence-corrected chi connectivity index (χ3v) is 5.45. The molecular weight excluding hydrogens is 356 g/mol. The lowest BCUT2D eigenvalue weighted by Gasteiger charge is -2.38. The summed E-state index contributed by atoms with van der Waals surface area (Å²) in [7, 11) is 3.30. The number of hydrogen-bond acceptors (Lipinski definition) is 4. The van der Waals surface area contributed by atoms with E-state index >= 15 is 0 Å². The van der Waals surface area contributed by atoms with Gasteiger partial charge in [0.25, 0.3) is 5.91 Å². The SMILES string of the molecule is C=CC[NH+]1CCc2cc(OC)c(OC)cc2[C@@H]1[C@@H](CC)NC(=O)c1ccco1. The van der Waals surface area contributed by atoms with Gasteiger partial charge in [-0.1, -0.05) is 13.5 Å². The first-order chi connectivity index (χ1) is 13.6. The van der Waals surface area contributed by atoms with E-state index in [0.29, 0.717) is 11.5 Å². The molecule has 3 rings (SSSR count). The van der Waals surface area contributed by atoms with Gasteiger partial charge >= 0.3 is 0 Å². The molecule has 0 fully saturated rings. The lowest BCUT2D eigenvalue weighted by Crippen LogP contribution is -3.14. The minimum Gasteiger partial charge on any atom is -0.493 e. The quantitative estimate of drug-likeness (QED) is 0.684. The van der Waals surface area contributed by atoms with Crippen molar-refractivity contribution in [1.29, 1.82) is 0 Å². The van der Waals surface area contributed by atoms with Crippen LogP contribution in [0.15, 0.2) is 47.6 Å². The Kier molecular flexibility index (Phi) is 6.41. The molecule has 6 heteroatoms. The van der Waals surface area contributed by atoms with Gasteiger partial charge in [-0.3, -0.25) is 4.79 Å². The number of ether oxygens (including phenoxy) is 2. The van der Waals surface area contributed by atoms with Crippen LogP contribution in [0.4, 0.5) is 0 Å². The Morgan fingerprint density at radius 1 is 1.39 bits per heavy atom. The van der Waals surface area contributed by atoms with Crippen molar-refractivity contribution in [2.24, 2.45) is 0 Å². The lowest BCUT2D eigenvalue weighted by atomic mass is 9.86. The Balaban J connectivity index is 1.99. The molecule has 0 aliphatic carbocycles. The predicted molar refractivity (Wildman–Crippen MR) is 107 cm³/mol. The largest absolute Gasteiger partial charge is 0.493 e. The van der Waals surface area contributed by atoms with Crippen molar-refractivity contribution in [3.63, 3.8) is 0 Å². The van der Waals surface area contributed by atoms with Crippen LogP contribution in [0, 0.1) is 0 Å². The summed E-state index contributed by atoms with van der Waals surface area (Å²) in [6, 6.07) is 7.56. The van der Waals surface area contributed by atoms with Crippen molar-refractivity contribution < 1.29 is 23.6 Å². The average Bonchev–Trinajstić information content (AvgIpc) is 3.26. The summed E-state index contributed by atoms with van der Waals surface area (Å²) >= 11 is 0. The first kappa shape index (κ1) is 20.0. The van der Waals surface area contributed by atoms with Crippen LogP contribution in [0.1, 0.15) is 41.1 Å². The number of benzene rings is 1. The minimum atomic E-state index is -0.192. The van der Waals surface area contributed by atoms with Gasteiger partial charge in [0.05, 0.1) is 39.6 Å². The molecule has 1 unspecified atom stereocenters. The van der Waals surface area contributed by atoms with Crippen molar-refractivity contribution >= 4 is 5.91 Å². The highest BCUT2D eigenvalue weighted by molar-refractivity contribution is 5.91. The van der Waals surface area contributed by atoms with Crippen LogP contribution in [0.5, 0.6) is 11.5 Å². The van der Waals surface area contributed by atoms with E-state index in [1.165, 1.54) is 22.3 Å². The summed E-state index contributed by atoms with van der Waals surface area (Å²) < 4.78 is 16.3. The van der Waals surface area contributed by atoms with Gasteiger partial charge in [-0.05, 0) is 42.3 Å². The van der Waals surface area contributed by atoms with Gasteiger partial charge in [0.15, 0.2) is 17.3 Å². The number of nitrogens with one attached hydrogen (secondary N) is 2. The van der Waals surface area contributed by atoms with Crippen molar-refractivity contribution in [3.05, 3.63) is 60.1 Å². The number of furan rings is 1. The molecule has 1 aliphatic heterocycles. The van der Waals surface area contributed by atoms with Gasteiger partial charge in [-0.25, -0.2) is 0 Å². The molecular formula is C22H29N2O4+. The maximum absolute atomic E-state index is 12.6. The van der Waals surface area contributed by atoms with E-state index in [4.69, 9.17) is 13.9 Å². The fourth-order valence-corrected chi connectivity index (χ4v) is 4.10. The molecule has 28 heavy (non-hydrogen) atoms. The molecule has 2 aromatic rings. The fourth-order valence-electron chi connectivity index (χ4n) is 4.10. The van der Waals surface area contributed by atoms with Crippen molar-refractivity contribution in [2.75, 3.05) is 27.3 Å². The lowest BCUT2D eigenvalue weighted by molar-refractivity contribution is -0.930. The number of methoxy groups -OCH3 is 2. The average molecular weight is 385 g/mol. The summed E-state index contributed by atoms with van der Waals surface area (Å²) in [6.07, 6.45) is 5.19. The predicted octanol–water partition coefficient (Wildman–Crippen LogP) is 2.17. The van der Waals surface area contributed by atoms with Gasteiger partial charge in [0, 0.05) is 12.0 Å². The molecule has 1 aromatic heterocycles. The first-order valence-electron chi connectivity index (χ1n) is 9.67. The second-order valence-electron chi connectivity index (χ2n) is 7.00. The molecule has 0 bridgehead atoms. The third kappa shape index (κ3) is 3.92. The van der Waals surface area contributed by atoms with E-state index in [9.17, 15) is 4.79 Å². The summed E-state index contributed by atoms with van der Waals surface area (Å²) in [5.74, 6) is 1.58. The highest BCUT2D eigenvalue weighted by Gasteiger charge is 2.38. The van der Waals surface area contributed by atoms with Crippen molar-refractivity contribution in [3.8, 4) is 11.5 Å². The van der Waals surface area contributed by atoms with Gasteiger partial charge < -0.3 is 24.1 Å². The third-order valence-electron chi connectivity index (χ3n) is 5.45. The van der Waals surface area contributed by atoms with Crippen LogP contribution in [-0.4, -0.2) is 39.3 Å². The topological polar surface area (TPSA) is 65.1 Å². The van der Waals surface area contributed by atoms with Crippen LogP contribution in [-0.2, 0) is 6.42 Å². The van der Waals surface area contributed by atoms with Crippen molar-refractivity contribution in [1.82, 2.24) is 5.32 Å². The van der Waals surface area contributed by atoms with Gasteiger partial charge in [0.1, 0.15) is 6.04 Å². The highest BCUT2D eigenvalue weighted by atomic mass is 16.5. The standard InChI is InChI=1S/C22H28N2O4/c1-5-10-24-11-9-15-13-19(26-3)20(27-4)14-16(15)21(24)17(6-2)23-22(25)18-8-7-12-28-18/h5,7-8,12-14,17,21H,1,6,9-11H2,2-4H3,(H,23,25)/p+1/t17-,21-/m1/s1. The van der Waals surface area contributed by atoms with Gasteiger partial charge in [0.2, 0.25) is 0 Å². The van der Waals surface area contributed by atoms with Crippen LogP contribution in [0.25, 0.3) is 0 Å². The molecule has 1 aliphatic rings. The molecule has 0 radical (unpaired) electrons. The zero-order valence-electron chi connectivity index (χ0n) is 16.8. The summed E-state index contributed by atoms with van der Waals surface area (Å²) in [6.45, 7) is 7.81. The van der Waals surface area contributed by atoms with E-state index in [2.05, 4.69) is 31.0 Å². The number of fused-ring (bicyclic) bond motifs is 1. The smallest absolute Gasteiger partial charge is 0.287 e. The van der Waals surface area contributed by atoms with Gasteiger partial charge in [-0.2, -0.15) is 0 Å². The first-order valence-corrected chi connectivity index (χ1v) is 9.67. The molecule has 0 saturated heterocycles. The molecule has 6 nitrogen and oxygen atoms in total. The molecule has 150 valence electrons. The van der Waals surface area contributed by atoms with Crippen LogP contribution < -0.4 is 19.7 Å². The number of quaternary nitrogens is 1. The zero-order chi connectivity index (χ0) is 20.1. The van der Waals surface area contributed by atoms with Gasteiger partial charge in [-0.15, -0.1) is 0 Å². The molecule has 1 aromatic carbocycles. The molecule has 2 N–H and O–H groups in total. The molecule has 0 spiro atoms. The van der Waals surface area contributed by atoms with E-state index in [1.807, 2.05) is 6.08 Å². The Hall–Kier alpha value is -2.73. The number of rotatable bonds is 8. The summed E-state index contributed by atoms with van der Waals surface area (Å²) in [5, 5.41) is 3.17. The number of amides is 1. The second kappa shape index (κ2) is 8.97. The maximum atomic E-state index is 12.6. The maximum Gasteiger partial charge on any atom is 0.287 e. The fraction of sp³-hybridized carbons (Fsp3) is 0.409. The van der Waals surface area contributed by atoms with Crippen molar-refractivity contribution in [2.45, 2.75) is 31.8 Å². The second-order valence-corrected chi connectivity index (χ2v) is 7.00. The normalized spacial score (nSPS) is 19.4. The molecule has 3 atom stereocenters. The summed E-state index contributed by atoms with van der Waals surface area (Å²) in [5.41, 5.74) is 2.42. The van der Waals surface area contributed by atoms with Crippen LogP contribution in [0.3, 0.4) is 0 Å². The summed E-state index contributed by atoms with van der Waals surface area (Å²) in [4.78, 5) is 14.0. The monoisotopic (exact) mass is 385 g/mol. The minimum absolute atomic E-state index is 0.0512. The molecule has 2 heterocycles. The number of hydrogen-bond donors (Lipinski definition) is 2. The Bertz CT molecular complexity index is 816.